The van der Waals surface area contributed by atoms with Gasteiger partial charge < -0.3 is 20.4 Å². The molecule has 1 unspecified atom stereocenters. The number of aliphatic hydroxyl groups excluding tert-OH is 2. The Labute approximate surface area is 103 Å². The molecule has 1 aromatic carbocycles. The van der Waals surface area contributed by atoms with Crippen molar-refractivity contribution in [3.8, 4) is 0 Å². The summed E-state index contributed by atoms with van der Waals surface area (Å²) >= 11 is 0. The van der Waals surface area contributed by atoms with Crippen LogP contribution in [0.15, 0.2) is 24.3 Å². The van der Waals surface area contributed by atoms with Crippen LogP contribution in [0.1, 0.15) is 11.1 Å². The summed E-state index contributed by atoms with van der Waals surface area (Å²) in [5.41, 5.74) is 2.03. The molecule has 1 rings (SSSR count). The number of nitrogens with one attached hydrogen (secondary N) is 1. The molecule has 0 amide bonds. The lowest BCUT2D eigenvalue weighted by atomic mass is 10.1. The van der Waals surface area contributed by atoms with Gasteiger partial charge in [0.05, 0.1) is 12.7 Å². The lowest BCUT2D eigenvalue weighted by Gasteiger charge is -2.16. The molecule has 0 spiro atoms. The van der Waals surface area contributed by atoms with Crippen molar-refractivity contribution in [2.45, 2.75) is 19.3 Å². The molecule has 0 aliphatic heterocycles. The van der Waals surface area contributed by atoms with Crippen LogP contribution in [0.5, 0.6) is 0 Å². The van der Waals surface area contributed by atoms with Crippen LogP contribution in [-0.2, 0) is 13.2 Å². The fraction of sp³-hybridized carbons (Fsp3) is 0.538. The predicted octanol–water partition coefficient (Wildman–Crippen LogP) is 0.191. The Morgan fingerprint density at radius 2 is 2.00 bits per heavy atom. The highest BCUT2D eigenvalue weighted by molar-refractivity contribution is 5.22. The van der Waals surface area contributed by atoms with Crippen LogP contribution in [0.4, 0.5) is 0 Å². The van der Waals surface area contributed by atoms with Gasteiger partial charge in [0.2, 0.25) is 0 Å². The summed E-state index contributed by atoms with van der Waals surface area (Å²) in [5.74, 6) is 0. The molecule has 0 saturated carbocycles. The van der Waals surface area contributed by atoms with Crippen LogP contribution in [0, 0.1) is 0 Å². The third-order valence-corrected chi connectivity index (χ3v) is 2.46. The first kappa shape index (κ1) is 14.1. The van der Waals surface area contributed by atoms with Crippen molar-refractivity contribution in [1.29, 1.82) is 0 Å². The molecule has 0 radical (unpaired) electrons. The van der Waals surface area contributed by atoms with E-state index in [0.29, 0.717) is 19.6 Å². The molecule has 3 N–H and O–H groups in total. The van der Waals surface area contributed by atoms with Crippen molar-refractivity contribution in [2.75, 3.05) is 27.2 Å². The Balaban J connectivity index is 2.30. The quantitative estimate of drug-likeness (QED) is 0.635. The summed E-state index contributed by atoms with van der Waals surface area (Å²) in [6.45, 7) is 2.00. The maximum Gasteiger partial charge on any atom is 0.0791 e. The smallest absolute Gasteiger partial charge is 0.0791 e. The van der Waals surface area contributed by atoms with Gasteiger partial charge in [0.25, 0.3) is 0 Å². The van der Waals surface area contributed by atoms with Gasteiger partial charge in [0.1, 0.15) is 0 Å². The lowest BCUT2D eigenvalue weighted by Crippen LogP contribution is -2.34. The molecule has 0 aromatic heterocycles. The average molecular weight is 238 g/mol. The van der Waals surface area contributed by atoms with E-state index in [-0.39, 0.29) is 12.7 Å². The molecule has 0 aliphatic carbocycles. The second-order valence-corrected chi connectivity index (χ2v) is 4.53. The maximum absolute atomic E-state index is 9.65. The first-order valence-electron chi connectivity index (χ1n) is 5.84. The summed E-state index contributed by atoms with van der Waals surface area (Å²) in [6, 6.07) is 7.79. The number of hydrogen-bond donors (Lipinski definition) is 3. The Morgan fingerprint density at radius 3 is 2.65 bits per heavy atom. The third kappa shape index (κ3) is 5.79. The molecule has 0 aliphatic rings. The van der Waals surface area contributed by atoms with Gasteiger partial charge in [0, 0.05) is 19.6 Å². The topological polar surface area (TPSA) is 55.7 Å². The summed E-state index contributed by atoms with van der Waals surface area (Å²) in [6.07, 6.45) is -0.356. The van der Waals surface area contributed by atoms with Crippen LogP contribution in [0.25, 0.3) is 0 Å². The number of hydrogen-bond acceptors (Lipinski definition) is 4. The van der Waals surface area contributed by atoms with Crippen molar-refractivity contribution < 1.29 is 10.2 Å². The number of rotatable bonds is 7. The molecular weight excluding hydrogens is 216 g/mol. The Kier molecular flexibility index (Phi) is 6.15. The van der Waals surface area contributed by atoms with Crippen molar-refractivity contribution in [3.05, 3.63) is 35.4 Å². The minimum atomic E-state index is -0.356. The van der Waals surface area contributed by atoms with Gasteiger partial charge in [-0.05, 0) is 25.2 Å². The standard InChI is InChI=1S/C13H22N2O2/c1-15(2)9-13(17)8-14-7-11-4-3-5-12(6-11)10-16/h3-6,13-14,16-17H,7-10H2,1-2H3. The highest BCUT2D eigenvalue weighted by Gasteiger charge is 2.04. The summed E-state index contributed by atoms with van der Waals surface area (Å²) < 4.78 is 0. The van der Waals surface area contributed by atoms with Gasteiger partial charge >= 0.3 is 0 Å². The monoisotopic (exact) mass is 238 g/mol. The van der Waals surface area contributed by atoms with Crippen LogP contribution in [-0.4, -0.2) is 48.4 Å². The first-order chi connectivity index (χ1) is 8.11. The van der Waals surface area contributed by atoms with E-state index >= 15 is 0 Å². The second-order valence-electron chi connectivity index (χ2n) is 4.53. The average Bonchev–Trinajstić information content (AvgIpc) is 2.28. The minimum absolute atomic E-state index is 0.0666. The van der Waals surface area contributed by atoms with E-state index in [1.807, 2.05) is 43.3 Å². The van der Waals surface area contributed by atoms with Crippen LogP contribution >= 0.6 is 0 Å². The van der Waals surface area contributed by atoms with E-state index in [2.05, 4.69) is 5.32 Å². The number of benzene rings is 1. The van der Waals surface area contributed by atoms with Gasteiger partial charge in [-0.15, -0.1) is 0 Å². The van der Waals surface area contributed by atoms with Crippen LogP contribution < -0.4 is 5.32 Å². The Morgan fingerprint density at radius 1 is 1.29 bits per heavy atom. The summed E-state index contributed by atoms with van der Waals surface area (Å²) in [7, 11) is 3.88. The Hall–Kier alpha value is -0.940. The van der Waals surface area contributed by atoms with Gasteiger partial charge in [-0.3, -0.25) is 0 Å². The van der Waals surface area contributed by atoms with Crippen molar-refractivity contribution in [2.24, 2.45) is 0 Å². The lowest BCUT2D eigenvalue weighted by molar-refractivity contribution is 0.134. The molecular formula is C13H22N2O2. The summed E-state index contributed by atoms with van der Waals surface area (Å²) in [5, 5.41) is 21.9. The van der Waals surface area contributed by atoms with Gasteiger partial charge in [0.15, 0.2) is 0 Å². The Bertz CT molecular complexity index is 329. The SMILES string of the molecule is CN(C)CC(O)CNCc1cccc(CO)c1. The zero-order valence-electron chi connectivity index (χ0n) is 10.6. The molecule has 0 saturated heterocycles. The molecule has 17 heavy (non-hydrogen) atoms. The van der Waals surface area contributed by atoms with E-state index in [1.165, 1.54) is 0 Å². The highest BCUT2D eigenvalue weighted by Crippen LogP contribution is 2.04. The minimum Gasteiger partial charge on any atom is -0.392 e. The second kappa shape index (κ2) is 7.40. The fourth-order valence-electron chi connectivity index (χ4n) is 1.71. The van der Waals surface area contributed by atoms with E-state index in [1.54, 1.807) is 0 Å². The zero-order chi connectivity index (χ0) is 12.7. The first-order valence-corrected chi connectivity index (χ1v) is 5.84. The van der Waals surface area contributed by atoms with Crippen molar-refractivity contribution in [1.82, 2.24) is 10.2 Å². The van der Waals surface area contributed by atoms with Crippen molar-refractivity contribution in [3.63, 3.8) is 0 Å². The molecule has 96 valence electrons. The fourth-order valence-corrected chi connectivity index (χ4v) is 1.71. The largest absolute Gasteiger partial charge is 0.392 e. The predicted molar refractivity (Wildman–Crippen MR) is 68.6 cm³/mol. The molecule has 0 heterocycles. The van der Waals surface area contributed by atoms with E-state index in [4.69, 9.17) is 5.11 Å². The van der Waals surface area contributed by atoms with Gasteiger partial charge in [-0.25, -0.2) is 0 Å². The molecule has 0 bridgehead atoms. The van der Waals surface area contributed by atoms with E-state index < -0.39 is 0 Å². The van der Waals surface area contributed by atoms with Gasteiger partial charge in [-0.2, -0.15) is 0 Å². The normalized spacial score (nSPS) is 13.0. The van der Waals surface area contributed by atoms with Crippen molar-refractivity contribution >= 4 is 0 Å². The number of likely N-dealkylation sites (N-methyl/N-ethyl adjacent to an activating group) is 1. The van der Waals surface area contributed by atoms with Crippen LogP contribution in [0.3, 0.4) is 0 Å². The number of aliphatic hydroxyl groups is 2. The van der Waals surface area contributed by atoms with E-state index in [0.717, 1.165) is 11.1 Å². The highest BCUT2D eigenvalue weighted by atomic mass is 16.3. The molecule has 4 nitrogen and oxygen atoms in total. The molecule has 1 aromatic rings. The van der Waals surface area contributed by atoms with Crippen LogP contribution in [0.2, 0.25) is 0 Å². The summed E-state index contributed by atoms with van der Waals surface area (Å²) in [4.78, 5) is 1.96. The number of nitrogens with zero attached hydrogens (tertiary/aromatic N) is 1. The third-order valence-electron chi connectivity index (χ3n) is 2.46. The van der Waals surface area contributed by atoms with Gasteiger partial charge in [-0.1, -0.05) is 24.3 Å². The molecule has 4 heteroatoms. The zero-order valence-corrected chi connectivity index (χ0v) is 10.6. The molecule has 1 atom stereocenters. The maximum atomic E-state index is 9.65. The van der Waals surface area contributed by atoms with E-state index in [9.17, 15) is 5.11 Å². The molecule has 0 fully saturated rings.